The standard InChI is InChI=1S/C12H15ClN2O3/c1-2-14-12(17)8-18-10-5-3-9(4-6-10)15-11(16)7-13/h3-6H,2,7-8H2,1H3,(H,14,17)(H,15,16). The number of alkyl halides is 1. The highest BCUT2D eigenvalue weighted by molar-refractivity contribution is 6.29. The summed E-state index contributed by atoms with van der Waals surface area (Å²) in [5.41, 5.74) is 0.631. The molecule has 0 saturated carbocycles. The summed E-state index contributed by atoms with van der Waals surface area (Å²) in [6.45, 7) is 2.39. The SMILES string of the molecule is CCNC(=O)COc1ccc(NC(=O)CCl)cc1. The maximum absolute atomic E-state index is 11.2. The molecule has 0 saturated heterocycles. The van der Waals surface area contributed by atoms with E-state index in [-0.39, 0.29) is 24.3 Å². The number of amides is 2. The monoisotopic (exact) mass is 270 g/mol. The third-order valence-electron chi connectivity index (χ3n) is 2.00. The molecular weight excluding hydrogens is 256 g/mol. The molecule has 0 spiro atoms. The average molecular weight is 271 g/mol. The Labute approximate surface area is 110 Å². The van der Waals surface area contributed by atoms with Crippen LogP contribution in [0, 0.1) is 0 Å². The molecule has 0 heterocycles. The van der Waals surface area contributed by atoms with Crippen molar-refractivity contribution in [3.8, 4) is 5.75 Å². The lowest BCUT2D eigenvalue weighted by molar-refractivity contribution is -0.123. The number of benzene rings is 1. The fourth-order valence-electron chi connectivity index (χ4n) is 1.23. The second kappa shape index (κ2) is 7.55. The van der Waals surface area contributed by atoms with Gasteiger partial charge in [-0.05, 0) is 31.2 Å². The van der Waals surface area contributed by atoms with Gasteiger partial charge in [0.25, 0.3) is 5.91 Å². The number of hydrogen-bond acceptors (Lipinski definition) is 3. The normalized spacial score (nSPS) is 9.67. The van der Waals surface area contributed by atoms with E-state index in [9.17, 15) is 9.59 Å². The van der Waals surface area contributed by atoms with Gasteiger partial charge in [0, 0.05) is 12.2 Å². The van der Waals surface area contributed by atoms with Crippen LogP contribution in [0.3, 0.4) is 0 Å². The molecule has 18 heavy (non-hydrogen) atoms. The lowest BCUT2D eigenvalue weighted by atomic mass is 10.3. The fraction of sp³-hybridized carbons (Fsp3) is 0.333. The Kier molecular flexibility index (Phi) is 6.00. The molecule has 1 aromatic rings. The first-order valence-electron chi connectivity index (χ1n) is 5.51. The first kappa shape index (κ1) is 14.3. The van der Waals surface area contributed by atoms with Crippen molar-refractivity contribution in [3.63, 3.8) is 0 Å². The minimum atomic E-state index is -0.271. The average Bonchev–Trinajstić information content (AvgIpc) is 2.38. The van der Waals surface area contributed by atoms with Crippen molar-refractivity contribution in [1.82, 2.24) is 5.32 Å². The molecule has 2 N–H and O–H groups in total. The summed E-state index contributed by atoms with van der Waals surface area (Å²) < 4.78 is 5.26. The molecule has 0 aliphatic carbocycles. The van der Waals surface area contributed by atoms with Crippen LogP contribution in [0.1, 0.15) is 6.92 Å². The number of carbonyl (C=O) groups is 2. The van der Waals surface area contributed by atoms with Crippen LogP contribution < -0.4 is 15.4 Å². The van der Waals surface area contributed by atoms with E-state index in [1.807, 2.05) is 6.92 Å². The second-order valence-corrected chi connectivity index (χ2v) is 3.72. The predicted molar refractivity (Wildman–Crippen MR) is 70.0 cm³/mol. The summed E-state index contributed by atoms with van der Waals surface area (Å²) in [6, 6.07) is 6.70. The van der Waals surface area contributed by atoms with Gasteiger partial charge >= 0.3 is 0 Å². The third kappa shape index (κ3) is 5.05. The molecule has 1 rings (SSSR count). The van der Waals surface area contributed by atoms with Crippen LogP contribution in [0.15, 0.2) is 24.3 Å². The highest BCUT2D eigenvalue weighted by Crippen LogP contribution is 2.15. The number of nitrogens with one attached hydrogen (secondary N) is 2. The van der Waals surface area contributed by atoms with Gasteiger partial charge in [-0.2, -0.15) is 0 Å². The Morgan fingerprint density at radius 1 is 1.22 bits per heavy atom. The summed E-state index contributed by atoms with van der Waals surface area (Å²) >= 11 is 5.37. The van der Waals surface area contributed by atoms with Gasteiger partial charge in [0.1, 0.15) is 11.6 Å². The van der Waals surface area contributed by atoms with Crippen LogP contribution in [-0.2, 0) is 9.59 Å². The van der Waals surface area contributed by atoms with Crippen LogP contribution in [-0.4, -0.2) is 30.8 Å². The smallest absolute Gasteiger partial charge is 0.257 e. The molecular formula is C12H15ClN2O3. The largest absolute Gasteiger partial charge is 0.484 e. The molecule has 1 aromatic carbocycles. The topological polar surface area (TPSA) is 67.4 Å². The van der Waals surface area contributed by atoms with Crippen molar-refractivity contribution in [1.29, 1.82) is 0 Å². The number of ether oxygens (including phenoxy) is 1. The Hall–Kier alpha value is -1.75. The molecule has 0 atom stereocenters. The van der Waals surface area contributed by atoms with E-state index in [1.54, 1.807) is 24.3 Å². The minimum absolute atomic E-state index is 0.0266. The molecule has 0 aliphatic rings. The number of carbonyl (C=O) groups excluding carboxylic acids is 2. The van der Waals surface area contributed by atoms with E-state index in [4.69, 9.17) is 16.3 Å². The molecule has 0 aromatic heterocycles. The predicted octanol–water partition coefficient (Wildman–Crippen LogP) is 1.38. The molecule has 2 amide bonds. The van der Waals surface area contributed by atoms with Gasteiger partial charge in [-0.3, -0.25) is 9.59 Å². The van der Waals surface area contributed by atoms with Gasteiger partial charge in [0.05, 0.1) is 0 Å². The van der Waals surface area contributed by atoms with Gasteiger partial charge in [-0.1, -0.05) is 0 Å². The van der Waals surface area contributed by atoms with E-state index < -0.39 is 0 Å². The van der Waals surface area contributed by atoms with Gasteiger partial charge in [-0.15, -0.1) is 11.6 Å². The van der Waals surface area contributed by atoms with Crippen molar-refractivity contribution in [2.75, 3.05) is 24.3 Å². The quantitative estimate of drug-likeness (QED) is 0.768. The number of halogens is 1. The van der Waals surface area contributed by atoms with E-state index >= 15 is 0 Å². The number of rotatable bonds is 6. The lowest BCUT2D eigenvalue weighted by Crippen LogP contribution is -2.28. The maximum atomic E-state index is 11.2. The molecule has 5 nitrogen and oxygen atoms in total. The van der Waals surface area contributed by atoms with Gasteiger partial charge < -0.3 is 15.4 Å². The minimum Gasteiger partial charge on any atom is -0.484 e. The van der Waals surface area contributed by atoms with Crippen molar-refractivity contribution in [2.45, 2.75) is 6.92 Å². The van der Waals surface area contributed by atoms with Crippen LogP contribution in [0.25, 0.3) is 0 Å². The van der Waals surface area contributed by atoms with Crippen molar-refractivity contribution in [3.05, 3.63) is 24.3 Å². The number of likely N-dealkylation sites (N-methyl/N-ethyl adjacent to an activating group) is 1. The molecule has 0 fully saturated rings. The zero-order valence-corrected chi connectivity index (χ0v) is 10.8. The van der Waals surface area contributed by atoms with Crippen LogP contribution in [0.2, 0.25) is 0 Å². The van der Waals surface area contributed by atoms with Gasteiger partial charge in [-0.25, -0.2) is 0 Å². The Morgan fingerprint density at radius 2 is 1.89 bits per heavy atom. The zero-order valence-electron chi connectivity index (χ0n) is 10.0. The van der Waals surface area contributed by atoms with Crippen LogP contribution >= 0.6 is 11.6 Å². The summed E-state index contributed by atoms with van der Waals surface area (Å²) in [5.74, 6) is 0.0323. The molecule has 0 aliphatic heterocycles. The van der Waals surface area contributed by atoms with E-state index in [0.717, 1.165) is 0 Å². The highest BCUT2D eigenvalue weighted by atomic mass is 35.5. The Morgan fingerprint density at radius 3 is 2.44 bits per heavy atom. The highest BCUT2D eigenvalue weighted by Gasteiger charge is 2.02. The summed E-state index contributed by atoms with van der Waals surface area (Å²) in [4.78, 5) is 22.2. The fourth-order valence-corrected chi connectivity index (χ4v) is 1.29. The van der Waals surface area contributed by atoms with Crippen molar-refractivity contribution >= 4 is 29.1 Å². The lowest BCUT2D eigenvalue weighted by Gasteiger charge is -2.07. The van der Waals surface area contributed by atoms with Crippen molar-refractivity contribution < 1.29 is 14.3 Å². The maximum Gasteiger partial charge on any atom is 0.257 e. The Bertz CT molecular complexity index is 406. The first-order valence-corrected chi connectivity index (χ1v) is 6.04. The van der Waals surface area contributed by atoms with E-state index in [1.165, 1.54) is 0 Å². The van der Waals surface area contributed by atoms with E-state index in [2.05, 4.69) is 10.6 Å². The molecule has 6 heteroatoms. The molecule has 0 unspecified atom stereocenters. The van der Waals surface area contributed by atoms with Gasteiger partial charge in [0.2, 0.25) is 5.91 Å². The summed E-state index contributed by atoms with van der Waals surface area (Å²) in [5, 5.41) is 5.22. The second-order valence-electron chi connectivity index (χ2n) is 3.45. The first-order chi connectivity index (χ1) is 8.65. The third-order valence-corrected chi connectivity index (χ3v) is 2.25. The Balaban J connectivity index is 2.45. The summed E-state index contributed by atoms with van der Waals surface area (Å²) in [7, 11) is 0. The zero-order chi connectivity index (χ0) is 13.4. The van der Waals surface area contributed by atoms with Crippen LogP contribution in [0.5, 0.6) is 5.75 Å². The van der Waals surface area contributed by atoms with Gasteiger partial charge in [0.15, 0.2) is 6.61 Å². The molecule has 0 bridgehead atoms. The number of hydrogen-bond donors (Lipinski definition) is 2. The van der Waals surface area contributed by atoms with Crippen LogP contribution in [0.4, 0.5) is 5.69 Å². The molecule has 0 radical (unpaired) electrons. The molecule has 98 valence electrons. The van der Waals surface area contributed by atoms with Crippen molar-refractivity contribution in [2.24, 2.45) is 0 Å². The van der Waals surface area contributed by atoms with E-state index in [0.29, 0.717) is 18.0 Å². The summed E-state index contributed by atoms with van der Waals surface area (Å²) in [6.07, 6.45) is 0. The number of anilines is 1.